The minimum atomic E-state index is -3.31. The fourth-order valence-corrected chi connectivity index (χ4v) is 1.23. The molecule has 0 heterocycles. The second-order valence-corrected chi connectivity index (χ2v) is 3.23. The zero-order valence-corrected chi connectivity index (χ0v) is 8.65. The molecule has 2 N–H and O–H groups in total. The Labute approximate surface area is 94.3 Å². The summed E-state index contributed by atoms with van der Waals surface area (Å²) in [5.74, 6) is -3.76. The normalized spacial score (nSPS) is 12.6. The van der Waals surface area contributed by atoms with E-state index >= 15 is 0 Å². The number of halogens is 3. The van der Waals surface area contributed by atoms with E-state index in [-0.39, 0.29) is 5.56 Å². The fourth-order valence-electron chi connectivity index (χ4n) is 1.23. The van der Waals surface area contributed by atoms with E-state index < -0.39 is 35.8 Å². The van der Waals surface area contributed by atoms with E-state index in [1.54, 1.807) is 0 Å². The third-order valence-electron chi connectivity index (χ3n) is 2.06. The van der Waals surface area contributed by atoms with E-state index in [9.17, 15) is 23.1 Å². The van der Waals surface area contributed by atoms with Crippen LogP contribution in [0.5, 0.6) is 5.75 Å². The van der Waals surface area contributed by atoms with Gasteiger partial charge in [-0.2, -0.15) is 8.78 Å². The molecule has 1 aromatic carbocycles. The quantitative estimate of drug-likeness (QED) is 0.855. The first-order chi connectivity index (χ1) is 7.84. The predicted octanol–water partition coefficient (Wildman–Crippen LogP) is 1.85. The van der Waals surface area contributed by atoms with Crippen LogP contribution in [-0.2, 0) is 4.79 Å². The molecule has 1 unspecified atom stereocenters. The van der Waals surface area contributed by atoms with Gasteiger partial charge in [0.05, 0.1) is 0 Å². The summed E-state index contributed by atoms with van der Waals surface area (Å²) < 4.78 is 41.5. The van der Waals surface area contributed by atoms with Gasteiger partial charge in [0.2, 0.25) is 0 Å². The largest absolute Gasteiger partial charge is 0.479 e. The molecular formula is C10H9F3O4. The highest BCUT2D eigenvalue weighted by Crippen LogP contribution is 2.31. The van der Waals surface area contributed by atoms with Gasteiger partial charge in [-0.25, -0.2) is 9.18 Å². The summed E-state index contributed by atoms with van der Waals surface area (Å²) in [5, 5.41) is 17.8. The van der Waals surface area contributed by atoms with Gasteiger partial charge in [-0.05, 0) is 12.5 Å². The standard InChI is InChI=1S/C10H9F3O4/c1-4-2-3-5(7(14)9(15)16)8(6(4)11)17-10(12)13/h2-3,7,10,14H,1H3,(H,15,16). The summed E-state index contributed by atoms with van der Waals surface area (Å²) >= 11 is 0. The Hall–Kier alpha value is -1.76. The van der Waals surface area contributed by atoms with Gasteiger partial charge in [0, 0.05) is 5.56 Å². The molecule has 0 aliphatic carbocycles. The maximum Gasteiger partial charge on any atom is 0.387 e. The number of aliphatic carboxylic acids is 1. The minimum Gasteiger partial charge on any atom is -0.479 e. The van der Waals surface area contributed by atoms with Crippen molar-refractivity contribution < 1.29 is 32.9 Å². The summed E-state index contributed by atoms with van der Waals surface area (Å²) in [6.07, 6.45) is -2.13. The van der Waals surface area contributed by atoms with Crippen LogP contribution in [0, 0.1) is 12.7 Å². The molecule has 0 bridgehead atoms. The van der Waals surface area contributed by atoms with E-state index in [2.05, 4.69) is 4.74 Å². The zero-order valence-electron chi connectivity index (χ0n) is 8.65. The van der Waals surface area contributed by atoms with Crippen molar-refractivity contribution in [2.24, 2.45) is 0 Å². The smallest absolute Gasteiger partial charge is 0.387 e. The molecule has 0 fully saturated rings. The van der Waals surface area contributed by atoms with Crippen molar-refractivity contribution in [2.45, 2.75) is 19.6 Å². The summed E-state index contributed by atoms with van der Waals surface area (Å²) in [6, 6.07) is 2.18. The van der Waals surface area contributed by atoms with E-state index in [0.717, 1.165) is 12.1 Å². The van der Waals surface area contributed by atoms with Crippen molar-refractivity contribution in [3.63, 3.8) is 0 Å². The highest BCUT2D eigenvalue weighted by Gasteiger charge is 2.25. The average Bonchev–Trinajstić information content (AvgIpc) is 2.23. The summed E-state index contributed by atoms with van der Waals surface area (Å²) in [5.41, 5.74) is -0.553. The number of carbonyl (C=O) groups is 1. The lowest BCUT2D eigenvalue weighted by Gasteiger charge is -2.14. The maximum absolute atomic E-state index is 13.5. The molecule has 0 amide bonds. The highest BCUT2D eigenvalue weighted by atomic mass is 19.3. The van der Waals surface area contributed by atoms with Crippen LogP contribution in [0.2, 0.25) is 0 Å². The Morgan fingerprint density at radius 2 is 2.00 bits per heavy atom. The van der Waals surface area contributed by atoms with Crippen molar-refractivity contribution in [3.05, 3.63) is 29.1 Å². The van der Waals surface area contributed by atoms with Crippen LogP contribution in [0.3, 0.4) is 0 Å². The topological polar surface area (TPSA) is 66.8 Å². The van der Waals surface area contributed by atoms with Crippen LogP contribution >= 0.6 is 0 Å². The van der Waals surface area contributed by atoms with E-state index in [0.29, 0.717) is 0 Å². The van der Waals surface area contributed by atoms with Gasteiger partial charge < -0.3 is 14.9 Å². The van der Waals surface area contributed by atoms with Gasteiger partial charge in [0.25, 0.3) is 0 Å². The molecule has 0 aromatic heterocycles. The van der Waals surface area contributed by atoms with Crippen LogP contribution < -0.4 is 4.74 Å². The molecule has 1 rings (SSSR count). The molecule has 0 saturated carbocycles. The lowest BCUT2D eigenvalue weighted by molar-refractivity contribution is -0.147. The van der Waals surface area contributed by atoms with Crippen LogP contribution in [0.25, 0.3) is 0 Å². The van der Waals surface area contributed by atoms with Gasteiger partial charge >= 0.3 is 12.6 Å². The monoisotopic (exact) mass is 250 g/mol. The number of aryl methyl sites for hydroxylation is 1. The molecule has 17 heavy (non-hydrogen) atoms. The Kier molecular flexibility index (Phi) is 3.95. The van der Waals surface area contributed by atoms with Gasteiger partial charge in [0.1, 0.15) is 0 Å². The molecular weight excluding hydrogens is 241 g/mol. The van der Waals surface area contributed by atoms with Crippen molar-refractivity contribution in [2.75, 3.05) is 0 Å². The van der Waals surface area contributed by atoms with Crippen molar-refractivity contribution in [1.82, 2.24) is 0 Å². The number of alkyl halides is 2. The number of benzene rings is 1. The molecule has 0 saturated heterocycles. The third-order valence-corrected chi connectivity index (χ3v) is 2.06. The predicted molar refractivity (Wildman–Crippen MR) is 50.4 cm³/mol. The number of ether oxygens (including phenoxy) is 1. The highest BCUT2D eigenvalue weighted by molar-refractivity contribution is 5.75. The second-order valence-electron chi connectivity index (χ2n) is 3.23. The minimum absolute atomic E-state index is 0.00184. The number of hydrogen-bond donors (Lipinski definition) is 2. The first-order valence-corrected chi connectivity index (χ1v) is 4.49. The first kappa shape index (κ1) is 13.3. The number of rotatable bonds is 4. The zero-order chi connectivity index (χ0) is 13.2. The lowest BCUT2D eigenvalue weighted by Crippen LogP contribution is -2.15. The molecule has 4 nitrogen and oxygen atoms in total. The second kappa shape index (κ2) is 5.05. The molecule has 0 aliphatic heterocycles. The maximum atomic E-state index is 13.5. The average molecular weight is 250 g/mol. The van der Waals surface area contributed by atoms with Crippen molar-refractivity contribution >= 4 is 5.97 Å². The molecule has 0 aliphatic rings. The van der Waals surface area contributed by atoms with Gasteiger partial charge in [-0.1, -0.05) is 12.1 Å². The number of aliphatic hydroxyl groups is 1. The molecule has 1 atom stereocenters. The van der Waals surface area contributed by atoms with Crippen LogP contribution in [-0.4, -0.2) is 22.8 Å². The third kappa shape index (κ3) is 2.88. The van der Waals surface area contributed by atoms with Crippen molar-refractivity contribution in [1.29, 1.82) is 0 Å². The Balaban J connectivity index is 3.29. The molecule has 1 aromatic rings. The van der Waals surface area contributed by atoms with E-state index in [1.165, 1.54) is 6.92 Å². The van der Waals surface area contributed by atoms with Crippen molar-refractivity contribution in [3.8, 4) is 5.75 Å². The summed E-state index contributed by atoms with van der Waals surface area (Å²) in [4.78, 5) is 10.5. The van der Waals surface area contributed by atoms with Gasteiger partial charge in [-0.3, -0.25) is 0 Å². The number of carboxylic acids is 1. The van der Waals surface area contributed by atoms with Crippen LogP contribution in [0.15, 0.2) is 12.1 Å². The van der Waals surface area contributed by atoms with Crippen LogP contribution in [0.4, 0.5) is 13.2 Å². The number of aliphatic hydroxyl groups excluding tert-OH is 1. The molecule has 94 valence electrons. The molecule has 7 heteroatoms. The summed E-state index contributed by atoms with van der Waals surface area (Å²) in [6.45, 7) is -2.02. The van der Waals surface area contributed by atoms with E-state index in [4.69, 9.17) is 5.11 Å². The van der Waals surface area contributed by atoms with Gasteiger partial charge in [0.15, 0.2) is 17.7 Å². The van der Waals surface area contributed by atoms with Crippen LogP contribution in [0.1, 0.15) is 17.2 Å². The SMILES string of the molecule is Cc1ccc(C(O)C(=O)O)c(OC(F)F)c1F. The van der Waals surface area contributed by atoms with E-state index in [1.807, 2.05) is 0 Å². The Morgan fingerprint density at radius 1 is 1.41 bits per heavy atom. The number of hydrogen-bond acceptors (Lipinski definition) is 3. The summed E-state index contributed by atoms with van der Waals surface area (Å²) in [7, 11) is 0. The molecule has 0 radical (unpaired) electrons. The van der Waals surface area contributed by atoms with Gasteiger partial charge in [-0.15, -0.1) is 0 Å². The Bertz CT molecular complexity index is 434. The molecule has 0 spiro atoms. The first-order valence-electron chi connectivity index (χ1n) is 4.49. The Morgan fingerprint density at radius 3 is 2.47 bits per heavy atom. The number of carboxylic acid groups (broad SMARTS) is 1. The lowest BCUT2D eigenvalue weighted by atomic mass is 10.1. The fraction of sp³-hybridized carbons (Fsp3) is 0.300.